The van der Waals surface area contributed by atoms with Crippen LogP contribution in [0.5, 0.6) is 0 Å². The number of allylic oxidation sites excluding steroid dienone is 9. The zero-order valence-electron chi connectivity index (χ0n) is 27.7. The average molecular weight is 547 g/mol. The van der Waals surface area contributed by atoms with Gasteiger partial charge < -0.3 is 0 Å². The molecule has 0 saturated heterocycles. The van der Waals surface area contributed by atoms with Gasteiger partial charge in [0, 0.05) is 5.92 Å². The van der Waals surface area contributed by atoms with Crippen molar-refractivity contribution in [3.63, 3.8) is 0 Å². The van der Waals surface area contributed by atoms with Crippen molar-refractivity contribution < 1.29 is 0 Å². The summed E-state index contributed by atoms with van der Waals surface area (Å²) in [5.41, 5.74) is 14.6. The van der Waals surface area contributed by atoms with E-state index in [2.05, 4.69) is 129 Å². The van der Waals surface area contributed by atoms with Crippen molar-refractivity contribution in [1.29, 1.82) is 0 Å². The molecule has 0 nitrogen and oxygen atoms in total. The molecule has 0 radical (unpaired) electrons. The quantitative estimate of drug-likeness (QED) is 0.217. The molecule has 0 spiro atoms. The summed E-state index contributed by atoms with van der Waals surface area (Å²) in [6.07, 6.45) is 10.3. The molecule has 1 fully saturated rings. The van der Waals surface area contributed by atoms with Crippen LogP contribution in [-0.2, 0) is 17.3 Å². The molecule has 2 aromatic rings. The van der Waals surface area contributed by atoms with E-state index in [1.54, 1.807) is 0 Å². The molecular weight excluding hydrogens is 492 g/mol. The van der Waals surface area contributed by atoms with Crippen molar-refractivity contribution in [2.75, 3.05) is 0 Å². The summed E-state index contributed by atoms with van der Waals surface area (Å²) in [5, 5.41) is 0. The van der Waals surface area contributed by atoms with Crippen LogP contribution in [-0.4, -0.2) is 0 Å². The largest absolute Gasteiger partial charge is 0.0995 e. The standard InChI is InChI=1S/C39H48.C2H6/c1-25(2)32-15-12-30(13-16-32)20-37(26(3)4)29(7)27(5)18-31-14-17-33(19-31)34-21-35(38(8,9)10)23-36(22-34)39(11)24-28(39)6;1-2/h12-13,15-19,21-23,28,37H,1,3,7,14,20,24H2,2,4-6,8-11H3;1-2H3/b27-18+;. The molecule has 218 valence electrons. The Morgan fingerprint density at radius 1 is 1.00 bits per heavy atom. The van der Waals surface area contributed by atoms with Crippen LogP contribution in [0.1, 0.15) is 110 Å². The summed E-state index contributed by atoms with van der Waals surface area (Å²) in [6, 6.07) is 16.1. The number of benzene rings is 2. The van der Waals surface area contributed by atoms with E-state index in [-0.39, 0.29) is 11.3 Å². The topological polar surface area (TPSA) is 0 Å². The van der Waals surface area contributed by atoms with Gasteiger partial charge in [0.25, 0.3) is 0 Å². The fourth-order valence-corrected chi connectivity index (χ4v) is 5.79. The Balaban J connectivity index is 0.00000226. The van der Waals surface area contributed by atoms with Crippen molar-refractivity contribution in [2.45, 2.75) is 99.3 Å². The first-order chi connectivity index (χ1) is 19.2. The molecule has 0 aliphatic heterocycles. The van der Waals surface area contributed by atoms with E-state index in [0.717, 1.165) is 35.5 Å². The summed E-state index contributed by atoms with van der Waals surface area (Å²) in [7, 11) is 0. The van der Waals surface area contributed by atoms with Gasteiger partial charge in [-0.15, -0.1) is 0 Å². The normalized spacial score (nSPS) is 20.8. The van der Waals surface area contributed by atoms with Gasteiger partial charge in [-0.25, -0.2) is 0 Å². The van der Waals surface area contributed by atoms with E-state index in [1.165, 1.54) is 51.0 Å². The summed E-state index contributed by atoms with van der Waals surface area (Å²) in [6.45, 7) is 35.1. The van der Waals surface area contributed by atoms with Crippen LogP contribution in [0.2, 0.25) is 0 Å². The Morgan fingerprint density at radius 3 is 2.12 bits per heavy atom. The van der Waals surface area contributed by atoms with Gasteiger partial charge in [-0.3, -0.25) is 0 Å². The molecule has 2 aromatic carbocycles. The highest BCUT2D eigenvalue weighted by molar-refractivity contribution is 5.79. The summed E-state index contributed by atoms with van der Waals surface area (Å²) in [4.78, 5) is 0. The van der Waals surface area contributed by atoms with E-state index in [4.69, 9.17) is 0 Å². The van der Waals surface area contributed by atoms with E-state index in [1.807, 2.05) is 20.8 Å². The van der Waals surface area contributed by atoms with Gasteiger partial charge in [-0.05, 0) is 107 Å². The van der Waals surface area contributed by atoms with Crippen molar-refractivity contribution in [3.8, 4) is 0 Å². The lowest BCUT2D eigenvalue weighted by Gasteiger charge is -2.23. The van der Waals surface area contributed by atoms with Gasteiger partial charge >= 0.3 is 0 Å². The van der Waals surface area contributed by atoms with E-state index >= 15 is 0 Å². The van der Waals surface area contributed by atoms with Crippen LogP contribution in [0.25, 0.3) is 11.1 Å². The highest BCUT2D eigenvalue weighted by atomic mass is 14.5. The maximum absolute atomic E-state index is 4.54. The molecule has 0 heterocycles. The SMILES string of the molecule is C=C(C)c1ccc(CC(C(=C)C)C(=C)/C(C)=C/C2=CC(c3cc(C(C)(C)C)cc(C4(C)CC4C)c3)=CC2)cc1.CC. The summed E-state index contributed by atoms with van der Waals surface area (Å²) >= 11 is 0. The van der Waals surface area contributed by atoms with Gasteiger partial charge in [0.05, 0.1) is 0 Å². The molecule has 0 amide bonds. The predicted molar refractivity (Wildman–Crippen MR) is 184 cm³/mol. The van der Waals surface area contributed by atoms with Gasteiger partial charge in [0.15, 0.2) is 0 Å². The smallest absolute Gasteiger partial charge is 0.00798 e. The lowest BCUT2D eigenvalue weighted by molar-refractivity contribution is 0.586. The van der Waals surface area contributed by atoms with Crippen LogP contribution < -0.4 is 0 Å². The number of hydrogen-bond donors (Lipinski definition) is 0. The first-order valence-electron chi connectivity index (χ1n) is 15.5. The predicted octanol–water partition coefficient (Wildman–Crippen LogP) is 12.0. The fraction of sp³-hybridized carbons (Fsp3) is 0.415. The van der Waals surface area contributed by atoms with Crippen LogP contribution in [0.15, 0.2) is 103 Å². The number of rotatable bonds is 9. The van der Waals surface area contributed by atoms with E-state index in [9.17, 15) is 0 Å². The minimum Gasteiger partial charge on any atom is -0.0995 e. The maximum Gasteiger partial charge on any atom is 0.00798 e. The second-order valence-corrected chi connectivity index (χ2v) is 13.6. The molecule has 41 heavy (non-hydrogen) atoms. The first-order valence-corrected chi connectivity index (χ1v) is 15.5. The molecule has 3 unspecified atom stereocenters. The Labute approximate surface area is 252 Å². The van der Waals surface area contributed by atoms with Crippen molar-refractivity contribution in [2.24, 2.45) is 11.8 Å². The van der Waals surface area contributed by atoms with Crippen LogP contribution in [0, 0.1) is 11.8 Å². The molecule has 0 N–H and O–H groups in total. The molecule has 0 heteroatoms. The zero-order chi connectivity index (χ0) is 30.7. The third kappa shape index (κ3) is 7.59. The molecule has 0 bridgehead atoms. The minimum absolute atomic E-state index is 0.127. The lowest BCUT2D eigenvalue weighted by Crippen LogP contribution is -2.14. The second-order valence-electron chi connectivity index (χ2n) is 13.6. The van der Waals surface area contributed by atoms with Crippen molar-refractivity contribution >= 4 is 11.1 Å². The molecule has 3 atom stereocenters. The molecular formula is C41H54. The Bertz CT molecular complexity index is 1390. The Morgan fingerprint density at radius 2 is 1.61 bits per heavy atom. The molecule has 2 aliphatic carbocycles. The van der Waals surface area contributed by atoms with Gasteiger partial charge in [0.1, 0.15) is 0 Å². The third-order valence-corrected chi connectivity index (χ3v) is 9.16. The average Bonchev–Trinajstić information content (AvgIpc) is 3.31. The van der Waals surface area contributed by atoms with Crippen LogP contribution in [0.4, 0.5) is 0 Å². The Hall–Kier alpha value is -3.12. The van der Waals surface area contributed by atoms with Gasteiger partial charge in [-0.1, -0.05) is 140 Å². The fourth-order valence-electron chi connectivity index (χ4n) is 5.79. The van der Waals surface area contributed by atoms with E-state index < -0.39 is 0 Å². The van der Waals surface area contributed by atoms with Crippen molar-refractivity contribution in [1.82, 2.24) is 0 Å². The highest BCUT2D eigenvalue weighted by Gasteiger charge is 2.48. The van der Waals surface area contributed by atoms with Crippen LogP contribution >= 0.6 is 0 Å². The van der Waals surface area contributed by atoms with Gasteiger partial charge in [-0.2, -0.15) is 0 Å². The molecule has 0 aromatic heterocycles. The van der Waals surface area contributed by atoms with Gasteiger partial charge in [0.2, 0.25) is 0 Å². The second kappa shape index (κ2) is 12.8. The Kier molecular flexibility index (Phi) is 10.1. The van der Waals surface area contributed by atoms with Crippen LogP contribution in [0.3, 0.4) is 0 Å². The monoisotopic (exact) mass is 546 g/mol. The summed E-state index contributed by atoms with van der Waals surface area (Å²) < 4.78 is 0. The minimum atomic E-state index is 0.127. The highest BCUT2D eigenvalue weighted by Crippen LogP contribution is 2.54. The number of hydrogen-bond acceptors (Lipinski definition) is 0. The van der Waals surface area contributed by atoms with E-state index in [0.29, 0.717) is 5.41 Å². The third-order valence-electron chi connectivity index (χ3n) is 9.16. The molecule has 2 aliphatic rings. The summed E-state index contributed by atoms with van der Waals surface area (Å²) in [5.74, 6) is 0.977. The zero-order valence-corrected chi connectivity index (χ0v) is 27.7. The van der Waals surface area contributed by atoms with Crippen molar-refractivity contribution in [3.05, 3.63) is 131 Å². The maximum atomic E-state index is 4.54. The molecule has 4 rings (SSSR count). The lowest BCUT2D eigenvalue weighted by atomic mass is 9.81. The first kappa shape index (κ1) is 32.4. The molecule has 1 saturated carbocycles.